The van der Waals surface area contributed by atoms with Crippen LogP contribution >= 0.6 is 0 Å². The first-order valence-corrected chi connectivity index (χ1v) is 7.39. The molecule has 0 spiro atoms. The third kappa shape index (κ3) is 3.95. The van der Waals surface area contributed by atoms with Crippen LogP contribution in [-0.2, 0) is 6.54 Å². The number of hydrogen-bond donors (Lipinski definition) is 2. The average Bonchev–Trinajstić information content (AvgIpc) is 2.98. The third-order valence-corrected chi connectivity index (χ3v) is 4.18. The molecule has 0 saturated carbocycles. The van der Waals surface area contributed by atoms with Crippen molar-refractivity contribution in [3.05, 3.63) is 29.8 Å². The Labute approximate surface area is 116 Å². The predicted molar refractivity (Wildman–Crippen MR) is 80.4 cm³/mol. The van der Waals surface area contributed by atoms with Gasteiger partial charge in [-0.15, -0.1) is 0 Å². The second-order valence-electron chi connectivity index (χ2n) is 5.69. The zero-order chi connectivity index (χ0) is 13.7. The van der Waals surface area contributed by atoms with Gasteiger partial charge < -0.3 is 15.3 Å². The maximum absolute atomic E-state index is 9.11. The summed E-state index contributed by atoms with van der Waals surface area (Å²) in [5.74, 6) is 0.295. The number of nitrogens with one attached hydrogen (secondary N) is 1. The summed E-state index contributed by atoms with van der Waals surface area (Å²) in [5, 5.41) is 12.6. The summed E-state index contributed by atoms with van der Waals surface area (Å²) in [6.45, 7) is 7.69. The molecule has 1 saturated heterocycles. The molecule has 3 nitrogen and oxygen atoms in total. The second-order valence-corrected chi connectivity index (χ2v) is 5.69. The number of nitrogens with zero attached hydrogens (tertiary/aromatic N) is 1. The van der Waals surface area contributed by atoms with Crippen LogP contribution in [-0.4, -0.2) is 30.8 Å². The Morgan fingerprint density at radius 3 is 2.37 bits per heavy atom. The topological polar surface area (TPSA) is 35.5 Å². The molecule has 0 aromatic heterocycles. The van der Waals surface area contributed by atoms with Gasteiger partial charge in [0, 0.05) is 38.0 Å². The van der Waals surface area contributed by atoms with Gasteiger partial charge in [-0.3, -0.25) is 0 Å². The van der Waals surface area contributed by atoms with Crippen molar-refractivity contribution in [3.63, 3.8) is 0 Å². The molecule has 1 aliphatic heterocycles. The van der Waals surface area contributed by atoms with E-state index in [9.17, 15) is 0 Å². The third-order valence-electron chi connectivity index (χ3n) is 4.18. The molecule has 106 valence electrons. The van der Waals surface area contributed by atoms with Gasteiger partial charge in [0.15, 0.2) is 0 Å². The van der Waals surface area contributed by atoms with Crippen molar-refractivity contribution in [3.8, 4) is 0 Å². The largest absolute Gasteiger partial charge is 0.396 e. The van der Waals surface area contributed by atoms with Crippen LogP contribution in [0.4, 0.5) is 5.69 Å². The molecule has 0 bridgehead atoms. The van der Waals surface area contributed by atoms with E-state index in [4.69, 9.17) is 5.11 Å². The molecule has 2 rings (SSSR count). The molecule has 1 aromatic carbocycles. The van der Waals surface area contributed by atoms with E-state index in [0.717, 1.165) is 6.54 Å². The second kappa shape index (κ2) is 6.92. The molecular formula is C16H26N2O. The Bertz CT molecular complexity index is 371. The lowest BCUT2D eigenvalue weighted by molar-refractivity contribution is 0.207. The summed E-state index contributed by atoms with van der Waals surface area (Å²) in [4.78, 5) is 2.45. The highest BCUT2D eigenvalue weighted by molar-refractivity contribution is 5.48. The van der Waals surface area contributed by atoms with E-state index in [1.807, 2.05) is 0 Å². The number of anilines is 1. The van der Waals surface area contributed by atoms with E-state index in [-0.39, 0.29) is 6.61 Å². The standard InChI is InChI=1S/C16H26N2O/c1-13(12-19)14(2)17-11-15-5-7-16(8-6-15)18-9-3-4-10-18/h5-8,13-14,17,19H,3-4,9-12H2,1-2H3. The highest BCUT2D eigenvalue weighted by Gasteiger charge is 2.12. The minimum absolute atomic E-state index is 0.238. The van der Waals surface area contributed by atoms with Gasteiger partial charge in [0.25, 0.3) is 0 Å². The number of rotatable bonds is 6. The van der Waals surface area contributed by atoms with E-state index in [1.165, 1.54) is 37.2 Å². The zero-order valence-electron chi connectivity index (χ0n) is 12.1. The van der Waals surface area contributed by atoms with Gasteiger partial charge in [-0.2, -0.15) is 0 Å². The summed E-state index contributed by atoms with van der Waals surface area (Å²) in [6, 6.07) is 9.20. The highest BCUT2D eigenvalue weighted by Crippen LogP contribution is 2.20. The van der Waals surface area contributed by atoms with E-state index < -0.39 is 0 Å². The van der Waals surface area contributed by atoms with Crippen LogP contribution in [0.25, 0.3) is 0 Å². The minimum atomic E-state index is 0.238. The normalized spacial score (nSPS) is 18.6. The Hall–Kier alpha value is -1.06. The summed E-state index contributed by atoms with van der Waals surface area (Å²) >= 11 is 0. The van der Waals surface area contributed by atoms with Gasteiger partial charge in [-0.1, -0.05) is 19.1 Å². The molecule has 2 unspecified atom stereocenters. The molecule has 1 heterocycles. The van der Waals surface area contributed by atoms with E-state index in [0.29, 0.717) is 12.0 Å². The number of aliphatic hydroxyl groups excluding tert-OH is 1. The van der Waals surface area contributed by atoms with Crippen LogP contribution in [0.15, 0.2) is 24.3 Å². The van der Waals surface area contributed by atoms with Gasteiger partial charge in [-0.05, 0) is 43.4 Å². The van der Waals surface area contributed by atoms with Crippen LogP contribution < -0.4 is 10.2 Å². The molecular weight excluding hydrogens is 236 g/mol. The predicted octanol–water partition coefficient (Wildman–Crippen LogP) is 2.39. The van der Waals surface area contributed by atoms with Gasteiger partial charge in [-0.25, -0.2) is 0 Å². The van der Waals surface area contributed by atoms with E-state index >= 15 is 0 Å². The molecule has 0 amide bonds. The number of benzene rings is 1. The van der Waals surface area contributed by atoms with Crippen LogP contribution in [0.1, 0.15) is 32.3 Å². The van der Waals surface area contributed by atoms with E-state index in [1.54, 1.807) is 0 Å². The average molecular weight is 262 g/mol. The fourth-order valence-electron chi connectivity index (χ4n) is 2.44. The molecule has 2 N–H and O–H groups in total. The Kier molecular flexibility index (Phi) is 5.23. The lowest BCUT2D eigenvalue weighted by Crippen LogP contribution is -2.33. The van der Waals surface area contributed by atoms with Gasteiger partial charge >= 0.3 is 0 Å². The van der Waals surface area contributed by atoms with Crippen molar-refractivity contribution in [2.75, 3.05) is 24.6 Å². The van der Waals surface area contributed by atoms with Crippen molar-refractivity contribution in [1.82, 2.24) is 5.32 Å². The van der Waals surface area contributed by atoms with Gasteiger partial charge in [0.2, 0.25) is 0 Å². The SMILES string of the molecule is CC(CO)C(C)NCc1ccc(N2CCCC2)cc1. The molecule has 2 atom stereocenters. The highest BCUT2D eigenvalue weighted by atomic mass is 16.3. The number of aliphatic hydroxyl groups is 1. The van der Waals surface area contributed by atoms with Gasteiger partial charge in [0.05, 0.1) is 0 Å². The van der Waals surface area contributed by atoms with Crippen molar-refractivity contribution in [2.45, 2.75) is 39.3 Å². The molecule has 3 heteroatoms. The maximum atomic E-state index is 9.11. The first-order chi connectivity index (χ1) is 9.20. The maximum Gasteiger partial charge on any atom is 0.0471 e. The molecule has 0 radical (unpaired) electrons. The van der Waals surface area contributed by atoms with E-state index in [2.05, 4.69) is 48.3 Å². The summed E-state index contributed by atoms with van der Waals surface area (Å²) in [5.41, 5.74) is 2.65. The van der Waals surface area contributed by atoms with Crippen molar-refractivity contribution >= 4 is 5.69 Å². The number of hydrogen-bond acceptors (Lipinski definition) is 3. The summed E-state index contributed by atoms with van der Waals surface area (Å²) in [7, 11) is 0. The minimum Gasteiger partial charge on any atom is -0.396 e. The molecule has 1 fully saturated rings. The monoisotopic (exact) mass is 262 g/mol. The summed E-state index contributed by atoms with van der Waals surface area (Å²) < 4.78 is 0. The van der Waals surface area contributed by atoms with Gasteiger partial charge in [0.1, 0.15) is 0 Å². The van der Waals surface area contributed by atoms with Crippen LogP contribution in [0.5, 0.6) is 0 Å². The fourth-order valence-corrected chi connectivity index (χ4v) is 2.44. The zero-order valence-corrected chi connectivity index (χ0v) is 12.1. The summed E-state index contributed by atoms with van der Waals surface area (Å²) in [6.07, 6.45) is 2.64. The quantitative estimate of drug-likeness (QED) is 0.826. The lowest BCUT2D eigenvalue weighted by atomic mass is 10.0. The molecule has 19 heavy (non-hydrogen) atoms. The molecule has 1 aliphatic rings. The van der Waals surface area contributed by atoms with Crippen LogP contribution in [0.2, 0.25) is 0 Å². The van der Waals surface area contributed by atoms with Crippen LogP contribution in [0, 0.1) is 5.92 Å². The molecule has 1 aromatic rings. The Morgan fingerprint density at radius 1 is 1.16 bits per heavy atom. The van der Waals surface area contributed by atoms with Crippen molar-refractivity contribution < 1.29 is 5.11 Å². The first-order valence-electron chi connectivity index (χ1n) is 7.39. The first kappa shape index (κ1) is 14.4. The molecule has 0 aliphatic carbocycles. The van der Waals surface area contributed by atoms with Crippen molar-refractivity contribution in [1.29, 1.82) is 0 Å². The smallest absolute Gasteiger partial charge is 0.0471 e. The Balaban J connectivity index is 1.84. The lowest BCUT2D eigenvalue weighted by Gasteiger charge is -2.20. The van der Waals surface area contributed by atoms with Crippen LogP contribution in [0.3, 0.4) is 0 Å². The fraction of sp³-hybridized carbons (Fsp3) is 0.625. The Morgan fingerprint density at radius 2 is 1.79 bits per heavy atom. The van der Waals surface area contributed by atoms with Crippen molar-refractivity contribution in [2.24, 2.45) is 5.92 Å².